The van der Waals surface area contributed by atoms with Crippen LogP contribution in [0.4, 0.5) is 0 Å². The molecule has 0 aliphatic rings. The average Bonchev–Trinajstić information content (AvgIpc) is 2.58. The predicted molar refractivity (Wildman–Crippen MR) is 40.2 cm³/mol. The molecule has 0 unspecified atom stereocenters. The quantitative estimate of drug-likeness (QED) is 0.599. The lowest BCUT2D eigenvalue weighted by atomic mass is 10.5. The van der Waals surface area contributed by atoms with E-state index in [0.717, 1.165) is 5.82 Å². The van der Waals surface area contributed by atoms with Crippen LogP contribution in [0, 0.1) is 6.07 Å². The fourth-order valence-electron chi connectivity index (χ4n) is 0.852. The van der Waals surface area contributed by atoms with Gasteiger partial charge in [-0.1, -0.05) is 0 Å². The first-order valence-corrected chi connectivity index (χ1v) is 3.27. The van der Waals surface area contributed by atoms with Crippen molar-refractivity contribution in [2.45, 2.75) is 0 Å². The van der Waals surface area contributed by atoms with Crippen LogP contribution in [0.1, 0.15) is 0 Å². The highest BCUT2D eigenvalue weighted by Crippen LogP contribution is 1.99. The molecule has 0 fully saturated rings. The lowest BCUT2D eigenvalue weighted by molar-refractivity contribution is 0.992. The highest BCUT2D eigenvalue weighted by Gasteiger charge is 1.91. The average molecular weight is 144 g/mol. The van der Waals surface area contributed by atoms with Crippen molar-refractivity contribution < 1.29 is 0 Å². The lowest BCUT2D eigenvalue weighted by Crippen LogP contribution is -1.91. The molecule has 0 saturated heterocycles. The zero-order valence-corrected chi connectivity index (χ0v) is 5.81. The molecular formula is C8H6N3. The van der Waals surface area contributed by atoms with Gasteiger partial charge in [-0.15, -0.1) is 0 Å². The van der Waals surface area contributed by atoms with Gasteiger partial charge >= 0.3 is 0 Å². The van der Waals surface area contributed by atoms with Crippen LogP contribution in [0.15, 0.2) is 37.1 Å². The molecule has 0 aliphatic carbocycles. The van der Waals surface area contributed by atoms with Crippen molar-refractivity contribution in [2.24, 2.45) is 0 Å². The molecule has 0 saturated carbocycles. The zero-order valence-electron chi connectivity index (χ0n) is 5.81. The molecule has 2 aromatic heterocycles. The third kappa shape index (κ3) is 1.12. The fraction of sp³-hybridized carbons (Fsp3) is 0. The van der Waals surface area contributed by atoms with Gasteiger partial charge in [0.1, 0.15) is 12.1 Å². The summed E-state index contributed by atoms with van der Waals surface area (Å²) in [5.41, 5.74) is 0. The van der Waals surface area contributed by atoms with Crippen molar-refractivity contribution in [2.75, 3.05) is 0 Å². The number of hydrogen-bond acceptors (Lipinski definition) is 2. The minimum Gasteiger partial charge on any atom is -0.291 e. The van der Waals surface area contributed by atoms with Crippen LogP contribution in [0.3, 0.4) is 0 Å². The topological polar surface area (TPSA) is 30.7 Å². The van der Waals surface area contributed by atoms with Gasteiger partial charge in [-0.2, -0.15) is 0 Å². The minimum atomic E-state index is 0.838. The molecule has 2 rings (SSSR count). The molecule has 0 spiro atoms. The zero-order chi connectivity index (χ0) is 7.52. The summed E-state index contributed by atoms with van der Waals surface area (Å²) in [7, 11) is 0. The van der Waals surface area contributed by atoms with Gasteiger partial charge in [0.15, 0.2) is 0 Å². The van der Waals surface area contributed by atoms with Gasteiger partial charge < -0.3 is 0 Å². The van der Waals surface area contributed by atoms with E-state index < -0.39 is 0 Å². The molecule has 2 aromatic rings. The molecule has 0 bridgehead atoms. The van der Waals surface area contributed by atoms with Gasteiger partial charge in [0.25, 0.3) is 0 Å². The third-order valence-electron chi connectivity index (χ3n) is 1.36. The van der Waals surface area contributed by atoms with E-state index in [4.69, 9.17) is 0 Å². The summed E-state index contributed by atoms with van der Waals surface area (Å²) >= 11 is 0. The van der Waals surface area contributed by atoms with Crippen molar-refractivity contribution in [1.29, 1.82) is 0 Å². The van der Waals surface area contributed by atoms with Crippen LogP contribution in [-0.4, -0.2) is 14.5 Å². The van der Waals surface area contributed by atoms with E-state index in [9.17, 15) is 0 Å². The van der Waals surface area contributed by atoms with Crippen molar-refractivity contribution >= 4 is 0 Å². The van der Waals surface area contributed by atoms with Crippen LogP contribution in [0.2, 0.25) is 0 Å². The Balaban J connectivity index is 2.46. The molecule has 3 nitrogen and oxygen atoms in total. The van der Waals surface area contributed by atoms with E-state index in [1.54, 1.807) is 24.8 Å². The summed E-state index contributed by atoms with van der Waals surface area (Å²) in [5.74, 6) is 0.838. The molecule has 0 N–H and O–H groups in total. The molecule has 2 heterocycles. The van der Waals surface area contributed by atoms with Gasteiger partial charge in [-0.05, 0) is 18.2 Å². The first kappa shape index (κ1) is 6.09. The lowest BCUT2D eigenvalue weighted by Gasteiger charge is -1.96. The van der Waals surface area contributed by atoms with Crippen molar-refractivity contribution in [3.8, 4) is 5.82 Å². The number of hydrogen-bond donors (Lipinski definition) is 0. The second-order valence-corrected chi connectivity index (χ2v) is 2.08. The van der Waals surface area contributed by atoms with E-state index >= 15 is 0 Å². The molecular weight excluding hydrogens is 138 g/mol. The first-order chi connectivity index (χ1) is 5.47. The standard InChI is InChI=1S/C8H6N3/c1-2-4-10-8(3-1)11-6-5-9-7-11/h2-7H. The number of imidazole rings is 1. The van der Waals surface area contributed by atoms with Gasteiger partial charge in [-0.25, -0.2) is 9.97 Å². The Labute approximate surface area is 64.3 Å². The number of rotatable bonds is 1. The Morgan fingerprint density at radius 2 is 2.36 bits per heavy atom. The maximum absolute atomic E-state index is 4.11. The Bertz CT molecular complexity index is 312. The smallest absolute Gasteiger partial charge is 0.138 e. The second-order valence-electron chi connectivity index (χ2n) is 2.08. The molecule has 53 valence electrons. The van der Waals surface area contributed by atoms with E-state index in [2.05, 4.69) is 16.0 Å². The number of pyridine rings is 1. The summed E-state index contributed by atoms with van der Waals surface area (Å²) in [4.78, 5) is 8.02. The predicted octanol–water partition coefficient (Wildman–Crippen LogP) is 1.07. The fourth-order valence-corrected chi connectivity index (χ4v) is 0.852. The minimum absolute atomic E-state index is 0.838. The van der Waals surface area contributed by atoms with Crippen LogP contribution in [0.25, 0.3) is 5.82 Å². The highest BCUT2D eigenvalue weighted by atomic mass is 15.1. The molecule has 0 amide bonds. The van der Waals surface area contributed by atoms with Crippen LogP contribution in [-0.2, 0) is 0 Å². The molecule has 3 heteroatoms. The largest absolute Gasteiger partial charge is 0.291 e. The second kappa shape index (κ2) is 2.54. The summed E-state index contributed by atoms with van der Waals surface area (Å²) in [6, 6.07) is 6.51. The van der Waals surface area contributed by atoms with Crippen LogP contribution < -0.4 is 0 Å². The Hall–Kier alpha value is -1.64. The van der Waals surface area contributed by atoms with Gasteiger partial charge in [0.05, 0.1) is 0 Å². The molecule has 0 aliphatic heterocycles. The SMILES string of the molecule is [c]1ccnc(-n2ccnc2)c1. The Morgan fingerprint density at radius 1 is 1.36 bits per heavy atom. The molecule has 0 aromatic carbocycles. The summed E-state index contributed by atoms with van der Waals surface area (Å²) in [5, 5.41) is 0. The van der Waals surface area contributed by atoms with Crippen LogP contribution in [0.5, 0.6) is 0 Å². The van der Waals surface area contributed by atoms with E-state index in [1.165, 1.54) is 0 Å². The summed E-state index contributed by atoms with van der Waals surface area (Å²) in [6.07, 6.45) is 6.97. The van der Waals surface area contributed by atoms with Crippen molar-refractivity contribution in [1.82, 2.24) is 14.5 Å². The van der Waals surface area contributed by atoms with Crippen molar-refractivity contribution in [3.05, 3.63) is 43.1 Å². The third-order valence-corrected chi connectivity index (χ3v) is 1.36. The molecule has 11 heavy (non-hydrogen) atoms. The highest BCUT2D eigenvalue weighted by molar-refractivity contribution is 5.19. The summed E-state index contributed by atoms with van der Waals surface area (Å²) < 4.78 is 1.83. The van der Waals surface area contributed by atoms with Crippen molar-refractivity contribution in [3.63, 3.8) is 0 Å². The van der Waals surface area contributed by atoms with E-state index in [0.29, 0.717) is 0 Å². The monoisotopic (exact) mass is 144 g/mol. The maximum Gasteiger partial charge on any atom is 0.138 e. The summed E-state index contributed by atoms with van der Waals surface area (Å²) in [6.45, 7) is 0. The first-order valence-electron chi connectivity index (χ1n) is 3.27. The Kier molecular flexibility index (Phi) is 1.41. The van der Waals surface area contributed by atoms with Gasteiger partial charge in [0.2, 0.25) is 0 Å². The van der Waals surface area contributed by atoms with E-state index in [1.807, 2.05) is 16.8 Å². The van der Waals surface area contributed by atoms with Gasteiger partial charge in [-0.3, -0.25) is 4.57 Å². The number of aromatic nitrogens is 3. The van der Waals surface area contributed by atoms with Crippen LogP contribution >= 0.6 is 0 Å². The molecule has 0 atom stereocenters. The van der Waals surface area contributed by atoms with E-state index in [-0.39, 0.29) is 0 Å². The maximum atomic E-state index is 4.11. The normalized spacial score (nSPS) is 9.82. The van der Waals surface area contributed by atoms with Gasteiger partial charge in [0, 0.05) is 18.6 Å². The Morgan fingerprint density at radius 3 is 3.00 bits per heavy atom. The number of nitrogens with zero attached hydrogens (tertiary/aromatic N) is 3. The molecule has 1 radical (unpaired) electrons.